The van der Waals surface area contributed by atoms with Gasteiger partial charge in [0.1, 0.15) is 5.76 Å². The van der Waals surface area contributed by atoms with E-state index in [9.17, 15) is 4.79 Å². The molecule has 98 valence electrons. The summed E-state index contributed by atoms with van der Waals surface area (Å²) in [7, 11) is 0. The second-order valence-electron chi connectivity index (χ2n) is 5.47. The molecule has 2 fully saturated rings. The molecule has 1 aromatic rings. The third kappa shape index (κ3) is 2.56. The molecule has 0 radical (unpaired) electrons. The molecule has 3 N–H and O–H groups in total. The van der Waals surface area contributed by atoms with E-state index in [-0.39, 0.29) is 11.9 Å². The highest BCUT2D eigenvalue weighted by Crippen LogP contribution is 2.40. The molecule has 1 amide bonds. The van der Waals surface area contributed by atoms with Crippen LogP contribution in [0.1, 0.15) is 60.7 Å². The van der Waals surface area contributed by atoms with Gasteiger partial charge >= 0.3 is 0 Å². The maximum atomic E-state index is 12.0. The van der Waals surface area contributed by atoms with Gasteiger partial charge in [-0.1, -0.05) is 5.16 Å². The number of hydrogen-bond acceptors (Lipinski definition) is 4. The van der Waals surface area contributed by atoms with E-state index in [1.807, 2.05) is 0 Å². The molecular formula is C13H19N3O2. The first-order chi connectivity index (χ1) is 8.72. The van der Waals surface area contributed by atoms with Crippen LogP contribution in [0.5, 0.6) is 0 Å². The molecule has 5 nitrogen and oxygen atoms in total. The lowest BCUT2D eigenvalue weighted by Gasteiger charge is -2.26. The molecule has 0 aromatic carbocycles. The molecule has 2 aliphatic rings. The molecule has 1 aromatic heterocycles. The molecule has 0 spiro atoms. The largest absolute Gasteiger partial charge is 0.360 e. The Kier molecular flexibility index (Phi) is 3.07. The van der Waals surface area contributed by atoms with Crippen LogP contribution in [0.3, 0.4) is 0 Å². The maximum Gasteiger partial charge on any atom is 0.273 e. The van der Waals surface area contributed by atoms with E-state index < -0.39 is 0 Å². The van der Waals surface area contributed by atoms with Gasteiger partial charge in [0.05, 0.1) is 0 Å². The zero-order valence-corrected chi connectivity index (χ0v) is 10.4. The predicted molar refractivity (Wildman–Crippen MR) is 66.2 cm³/mol. The number of amides is 1. The summed E-state index contributed by atoms with van der Waals surface area (Å²) >= 11 is 0. The van der Waals surface area contributed by atoms with Crippen molar-refractivity contribution in [2.75, 3.05) is 0 Å². The van der Waals surface area contributed by atoms with Crippen molar-refractivity contribution in [3.05, 3.63) is 17.5 Å². The normalized spacial score (nSPS) is 28.1. The molecule has 18 heavy (non-hydrogen) atoms. The van der Waals surface area contributed by atoms with Crippen LogP contribution in [0.2, 0.25) is 0 Å². The smallest absolute Gasteiger partial charge is 0.273 e. The monoisotopic (exact) mass is 249 g/mol. The highest BCUT2D eigenvalue weighted by atomic mass is 16.5. The quantitative estimate of drug-likeness (QED) is 0.851. The van der Waals surface area contributed by atoms with Crippen molar-refractivity contribution in [1.82, 2.24) is 10.5 Å². The standard InChI is InChI=1S/C13H19N3O2/c14-9-3-5-10(6-4-9)15-13(17)11-7-12(18-16-11)8-1-2-8/h7-10H,1-6,14H2,(H,15,17). The average molecular weight is 249 g/mol. The fourth-order valence-corrected chi connectivity index (χ4v) is 2.48. The van der Waals surface area contributed by atoms with Gasteiger partial charge in [-0.3, -0.25) is 4.79 Å². The van der Waals surface area contributed by atoms with Crippen LogP contribution < -0.4 is 11.1 Å². The SMILES string of the molecule is NC1CCC(NC(=O)c2cc(C3CC3)on2)CC1. The molecule has 1 heterocycles. The Morgan fingerprint density at radius 2 is 2.00 bits per heavy atom. The Morgan fingerprint density at radius 1 is 1.28 bits per heavy atom. The van der Waals surface area contributed by atoms with Crippen LogP contribution in [0.4, 0.5) is 0 Å². The summed E-state index contributed by atoms with van der Waals surface area (Å²) in [6.45, 7) is 0. The zero-order valence-electron chi connectivity index (χ0n) is 10.4. The predicted octanol–water partition coefficient (Wildman–Crippen LogP) is 1.55. The van der Waals surface area contributed by atoms with Gasteiger partial charge in [0.2, 0.25) is 0 Å². The molecule has 0 bridgehead atoms. The summed E-state index contributed by atoms with van der Waals surface area (Å²) in [5.74, 6) is 1.23. The van der Waals surface area contributed by atoms with Gasteiger partial charge in [0.25, 0.3) is 5.91 Å². The lowest BCUT2D eigenvalue weighted by atomic mass is 9.92. The van der Waals surface area contributed by atoms with E-state index in [4.69, 9.17) is 10.3 Å². The van der Waals surface area contributed by atoms with Crippen LogP contribution in [-0.4, -0.2) is 23.1 Å². The molecule has 0 unspecified atom stereocenters. The highest BCUT2D eigenvalue weighted by Gasteiger charge is 2.29. The second kappa shape index (κ2) is 4.72. The summed E-state index contributed by atoms with van der Waals surface area (Å²) in [4.78, 5) is 12.0. The Morgan fingerprint density at radius 3 is 2.67 bits per heavy atom. The number of rotatable bonds is 3. The number of nitrogens with two attached hydrogens (primary N) is 1. The zero-order chi connectivity index (χ0) is 12.5. The number of carbonyl (C=O) groups excluding carboxylic acids is 1. The lowest BCUT2D eigenvalue weighted by molar-refractivity contribution is 0.0916. The van der Waals surface area contributed by atoms with Crippen molar-refractivity contribution in [3.63, 3.8) is 0 Å². The van der Waals surface area contributed by atoms with E-state index in [0.29, 0.717) is 17.7 Å². The summed E-state index contributed by atoms with van der Waals surface area (Å²) in [5, 5.41) is 6.86. The summed E-state index contributed by atoms with van der Waals surface area (Å²) in [6.07, 6.45) is 6.18. The van der Waals surface area contributed by atoms with Crippen molar-refractivity contribution >= 4 is 5.91 Å². The van der Waals surface area contributed by atoms with Crippen LogP contribution in [-0.2, 0) is 0 Å². The van der Waals surface area contributed by atoms with Crippen molar-refractivity contribution < 1.29 is 9.32 Å². The first-order valence-electron chi connectivity index (χ1n) is 6.75. The fourth-order valence-electron chi connectivity index (χ4n) is 2.48. The molecule has 0 saturated heterocycles. The van der Waals surface area contributed by atoms with Gasteiger partial charge in [0.15, 0.2) is 5.69 Å². The summed E-state index contributed by atoms with van der Waals surface area (Å²) in [6, 6.07) is 2.31. The van der Waals surface area contributed by atoms with E-state index >= 15 is 0 Å². The summed E-state index contributed by atoms with van der Waals surface area (Å²) < 4.78 is 5.19. The Hall–Kier alpha value is -1.36. The topological polar surface area (TPSA) is 81.1 Å². The molecule has 5 heteroatoms. The number of nitrogens with zero attached hydrogens (tertiary/aromatic N) is 1. The van der Waals surface area contributed by atoms with Crippen molar-refractivity contribution in [3.8, 4) is 0 Å². The minimum Gasteiger partial charge on any atom is -0.360 e. The summed E-state index contributed by atoms with van der Waals surface area (Å²) in [5.41, 5.74) is 6.25. The molecular weight excluding hydrogens is 230 g/mol. The maximum absolute atomic E-state index is 12.0. The first-order valence-corrected chi connectivity index (χ1v) is 6.75. The fraction of sp³-hybridized carbons (Fsp3) is 0.692. The van der Waals surface area contributed by atoms with E-state index in [1.54, 1.807) is 6.07 Å². The Balaban J connectivity index is 1.56. The van der Waals surface area contributed by atoms with Crippen LogP contribution in [0.15, 0.2) is 10.6 Å². The highest BCUT2D eigenvalue weighted by molar-refractivity contribution is 5.92. The lowest BCUT2D eigenvalue weighted by Crippen LogP contribution is -2.40. The third-order valence-electron chi connectivity index (χ3n) is 3.85. The number of aromatic nitrogens is 1. The van der Waals surface area contributed by atoms with Crippen molar-refractivity contribution in [2.45, 2.75) is 56.5 Å². The van der Waals surface area contributed by atoms with E-state index in [2.05, 4.69) is 10.5 Å². The van der Waals surface area contributed by atoms with E-state index in [0.717, 1.165) is 44.3 Å². The third-order valence-corrected chi connectivity index (χ3v) is 3.85. The van der Waals surface area contributed by atoms with Gasteiger partial charge < -0.3 is 15.6 Å². The number of carbonyl (C=O) groups is 1. The molecule has 2 saturated carbocycles. The van der Waals surface area contributed by atoms with Gasteiger partial charge in [-0.15, -0.1) is 0 Å². The van der Waals surface area contributed by atoms with Crippen LogP contribution >= 0.6 is 0 Å². The number of nitrogens with one attached hydrogen (secondary N) is 1. The molecule has 0 aliphatic heterocycles. The Bertz CT molecular complexity index is 431. The average Bonchev–Trinajstić information content (AvgIpc) is 3.10. The minimum absolute atomic E-state index is 0.119. The van der Waals surface area contributed by atoms with E-state index in [1.165, 1.54) is 0 Å². The van der Waals surface area contributed by atoms with Gasteiger partial charge in [0, 0.05) is 24.1 Å². The minimum atomic E-state index is -0.119. The first kappa shape index (κ1) is 11.7. The van der Waals surface area contributed by atoms with Gasteiger partial charge in [-0.2, -0.15) is 0 Å². The van der Waals surface area contributed by atoms with Crippen molar-refractivity contribution in [1.29, 1.82) is 0 Å². The van der Waals surface area contributed by atoms with Gasteiger partial charge in [-0.25, -0.2) is 0 Å². The molecule has 2 aliphatic carbocycles. The number of hydrogen-bond donors (Lipinski definition) is 2. The van der Waals surface area contributed by atoms with Crippen molar-refractivity contribution in [2.24, 2.45) is 5.73 Å². The van der Waals surface area contributed by atoms with Crippen LogP contribution in [0, 0.1) is 0 Å². The van der Waals surface area contributed by atoms with Gasteiger partial charge in [-0.05, 0) is 38.5 Å². The second-order valence-corrected chi connectivity index (χ2v) is 5.47. The molecule has 3 rings (SSSR count). The molecule has 0 atom stereocenters. The Labute approximate surface area is 106 Å². The van der Waals surface area contributed by atoms with Crippen LogP contribution in [0.25, 0.3) is 0 Å².